The second-order valence-electron chi connectivity index (χ2n) is 8.65. The molecular weight excluding hydrogens is 484 g/mol. The number of aliphatic imine (C=N–C) groups is 1. The summed E-state index contributed by atoms with van der Waals surface area (Å²) in [6, 6.07) is 23.1. The van der Waals surface area contributed by atoms with Gasteiger partial charge in [0.2, 0.25) is 0 Å². The second-order valence-corrected chi connectivity index (χ2v) is 9.08. The molecule has 1 atom stereocenters. The van der Waals surface area contributed by atoms with Crippen LogP contribution in [-0.4, -0.2) is 41.9 Å². The van der Waals surface area contributed by atoms with E-state index in [1.807, 2.05) is 61.5 Å². The average molecular weight is 515 g/mol. The lowest BCUT2D eigenvalue weighted by molar-refractivity contribution is 0.193. The van der Waals surface area contributed by atoms with Crippen molar-refractivity contribution in [2.75, 3.05) is 19.6 Å². The molecule has 0 saturated heterocycles. The van der Waals surface area contributed by atoms with E-state index >= 15 is 0 Å². The van der Waals surface area contributed by atoms with Gasteiger partial charge in [0.15, 0.2) is 0 Å². The third-order valence-corrected chi connectivity index (χ3v) is 6.01. The number of aromatic nitrogens is 1. The Hall–Kier alpha value is -4.15. The smallest absolute Gasteiger partial charge is 0.317 e. The summed E-state index contributed by atoms with van der Waals surface area (Å²) in [7, 11) is 0. The molecule has 0 spiro atoms. The highest BCUT2D eigenvalue weighted by atomic mass is 35.5. The maximum absolute atomic E-state index is 12.9. The monoisotopic (exact) mass is 514 g/mol. The Bertz CT molecular complexity index is 1220. The van der Waals surface area contributed by atoms with Gasteiger partial charge in [0, 0.05) is 61.0 Å². The van der Waals surface area contributed by atoms with Crippen LogP contribution in [0.1, 0.15) is 23.7 Å². The lowest BCUT2D eigenvalue weighted by Gasteiger charge is -2.26. The van der Waals surface area contributed by atoms with Gasteiger partial charge in [-0.05, 0) is 47.5 Å². The fraction of sp³-hybridized carbons (Fsp3) is 0.241. The highest BCUT2D eigenvalue weighted by Gasteiger charge is 2.17. The molecule has 37 heavy (non-hydrogen) atoms. The Kier molecular flexibility index (Phi) is 10.7. The quantitative estimate of drug-likeness (QED) is 0.144. The summed E-state index contributed by atoms with van der Waals surface area (Å²) in [5.41, 5.74) is 4.41. The van der Waals surface area contributed by atoms with Crippen LogP contribution < -0.4 is 10.6 Å². The molecule has 0 bridgehead atoms. The van der Waals surface area contributed by atoms with Crippen molar-refractivity contribution in [3.05, 3.63) is 107 Å². The van der Waals surface area contributed by atoms with Crippen molar-refractivity contribution in [2.45, 2.75) is 19.9 Å². The molecular formula is C29H31ClN6O. The number of benzene rings is 2. The molecule has 1 aromatic heterocycles. The van der Waals surface area contributed by atoms with E-state index in [2.05, 4.69) is 33.3 Å². The Labute approximate surface area is 223 Å². The third-order valence-electron chi connectivity index (χ3n) is 5.76. The number of hydrogen-bond donors (Lipinski definition) is 2. The molecule has 190 valence electrons. The van der Waals surface area contributed by atoms with Crippen LogP contribution in [0.15, 0.2) is 90.1 Å². The maximum atomic E-state index is 12.9. The van der Waals surface area contributed by atoms with Crippen LogP contribution in [0.25, 0.3) is 0 Å². The molecule has 0 saturated carbocycles. The molecule has 0 aliphatic rings. The van der Waals surface area contributed by atoms with E-state index in [0.717, 1.165) is 23.4 Å². The van der Waals surface area contributed by atoms with E-state index in [9.17, 15) is 4.79 Å². The third kappa shape index (κ3) is 9.43. The summed E-state index contributed by atoms with van der Waals surface area (Å²) in [6.45, 7) is 7.38. The van der Waals surface area contributed by atoms with Gasteiger partial charge in [-0.3, -0.25) is 4.98 Å². The van der Waals surface area contributed by atoms with Crippen molar-refractivity contribution in [3.63, 3.8) is 0 Å². The van der Waals surface area contributed by atoms with Gasteiger partial charge < -0.3 is 15.5 Å². The lowest BCUT2D eigenvalue weighted by atomic mass is 10.0. The van der Waals surface area contributed by atoms with Crippen LogP contribution in [0.4, 0.5) is 10.5 Å². The van der Waals surface area contributed by atoms with Gasteiger partial charge in [0.05, 0.1) is 18.1 Å². The number of nitrogens with one attached hydrogen (secondary N) is 2. The van der Waals surface area contributed by atoms with Crippen molar-refractivity contribution in [2.24, 2.45) is 10.9 Å². The van der Waals surface area contributed by atoms with Crippen LogP contribution in [0, 0.1) is 17.2 Å². The zero-order valence-corrected chi connectivity index (χ0v) is 21.7. The fourth-order valence-corrected chi connectivity index (χ4v) is 3.64. The van der Waals surface area contributed by atoms with Gasteiger partial charge in [0.1, 0.15) is 0 Å². The summed E-state index contributed by atoms with van der Waals surface area (Å²) >= 11 is 5.93. The van der Waals surface area contributed by atoms with Crippen LogP contribution in [0.2, 0.25) is 5.02 Å². The number of nitriles is 1. The highest BCUT2D eigenvalue weighted by Crippen LogP contribution is 2.15. The molecule has 2 N–H and O–H groups in total. The zero-order chi connectivity index (χ0) is 26.5. The minimum Gasteiger partial charge on any atom is -0.374 e. The van der Waals surface area contributed by atoms with Crippen molar-refractivity contribution < 1.29 is 4.79 Å². The summed E-state index contributed by atoms with van der Waals surface area (Å²) < 4.78 is 0. The molecule has 1 heterocycles. The van der Waals surface area contributed by atoms with Crippen LogP contribution in [-0.2, 0) is 13.0 Å². The van der Waals surface area contributed by atoms with Crippen molar-refractivity contribution in [3.8, 4) is 6.07 Å². The highest BCUT2D eigenvalue weighted by molar-refractivity contribution is 6.30. The number of rotatable bonds is 12. The Morgan fingerprint density at radius 2 is 1.89 bits per heavy atom. The zero-order valence-electron chi connectivity index (χ0n) is 20.9. The first kappa shape index (κ1) is 27.4. The largest absolute Gasteiger partial charge is 0.374 e. The minimum absolute atomic E-state index is 0.149. The average Bonchev–Trinajstić information content (AvgIpc) is 2.92. The Morgan fingerprint density at radius 3 is 2.57 bits per heavy atom. The molecule has 0 aliphatic heterocycles. The number of amides is 2. The number of carbonyl (C=O) groups excluding carboxylic acids is 1. The minimum atomic E-state index is -0.213. The van der Waals surface area contributed by atoms with Gasteiger partial charge in [-0.25, -0.2) is 9.79 Å². The van der Waals surface area contributed by atoms with E-state index in [4.69, 9.17) is 16.9 Å². The standard InChI is InChI=1S/C29H31ClN6O/c1-22(18-31)23(2)20-36(29(37)34-19-25-6-10-26(30)11-7-25)16-15-32-21-35-27-12-8-24(9-13-27)17-28-5-3-4-14-33-28/h3-14,21,23H,1,15-17,19-20H2,2H3,(H,32,35)(H,34,37). The molecule has 8 heteroatoms. The first-order valence-corrected chi connectivity index (χ1v) is 12.4. The van der Waals surface area contributed by atoms with E-state index in [1.165, 1.54) is 5.56 Å². The molecule has 0 fully saturated rings. The first-order chi connectivity index (χ1) is 17.9. The SMILES string of the molecule is C=C(C#N)C(C)CN(CCN/C=N/c1ccc(Cc2ccccn2)cc1)C(=O)NCc1ccc(Cl)cc1. The van der Waals surface area contributed by atoms with E-state index in [0.29, 0.717) is 36.8 Å². The van der Waals surface area contributed by atoms with Crippen molar-refractivity contribution in [1.29, 1.82) is 5.26 Å². The Balaban J connectivity index is 1.50. The van der Waals surface area contributed by atoms with Gasteiger partial charge in [0.25, 0.3) is 0 Å². The number of pyridine rings is 1. The molecule has 2 aromatic carbocycles. The predicted octanol–water partition coefficient (Wildman–Crippen LogP) is 5.50. The summed E-state index contributed by atoms with van der Waals surface area (Å²) in [5.74, 6) is -0.149. The van der Waals surface area contributed by atoms with E-state index < -0.39 is 0 Å². The summed E-state index contributed by atoms with van der Waals surface area (Å²) in [4.78, 5) is 23.4. The normalized spacial score (nSPS) is 11.5. The van der Waals surface area contributed by atoms with Crippen LogP contribution in [0.3, 0.4) is 0 Å². The number of nitrogens with zero attached hydrogens (tertiary/aromatic N) is 4. The molecule has 3 rings (SSSR count). The molecule has 1 unspecified atom stereocenters. The van der Waals surface area contributed by atoms with Crippen molar-refractivity contribution in [1.82, 2.24) is 20.5 Å². The number of hydrogen-bond acceptors (Lipinski definition) is 4. The van der Waals surface area contributed by atoms with Crippen LogP contribution in [0.5, 0.6) is 0 Å². The molecule has 3 aromatic rings. The number of urea groups is 1. The summed E-state index contributed by atoms with van der Waals surface area (Å²) in [5, 5.41) is 15.9. The Morgan fingerprint density at radius 1 is 1.16 bits per heavy atom. The van der Waals surface area contributed by atoms with Gasteiger partial charge in [-0.15, -0.1) is 0 Å². The van der Waals surface area contributed by atoms with E-state index in [1.54, 1.807) is 29.6 Å². The number of halogens is 1. The van der Waals surface area contributed by atoms with Crippen LogP contribution >= 0.6 is 11.6 Å². The molecule has 0 aliphatic carbocycles. The molecule has 7 nitrogen and oxygen atoms in total. The second kappa shape index (κ2) is 14.4. The van der Waals surface area contributed by atoms with Crippen molar-refractivity contribution >= 4 is 29.7 Å². The predicted molar refractivity (Wildman–Crippen MR) is 149 cm³/mol. The maximum Gasteiger partial charge on any atom is 0.317 e. The van der Waals surface area contributed by atoms with E-state index in [-0.39, 0.29) is 11.9 Å². The fourth-order valence-electron chi connectivity index (χ4n) is 3.51. The molecule has 2 amide bonds. The number of carbonyl (C=O) groups is 1. The van der Waals surface area contributed by atoms with Gasteiger partial charge >= 0.3 is 6.03 Å². The first-order valence-electron chi connectivity index (χ1n) is 12.1. The van der Waals surface area contributed by atoms with Gasteiger partial charge in [-0.2, -0.15) is 5.26 Å². The van der Waals surface area contributed by atoms with Gasteiger partial charge in [-0.1, -0.05) is 55.4 Å². The molecule has 0 radical (unpaired) electrons. The lowest BCUT2D eigenvalue weighted by Crippen LogP contribution is -2.45. The topological polar surface area (TPSA) is 93.4 Å². The summed E-state index contributed by atoms with van der Waals surface area (Å²) in [6.07, 6.45) is 4.20.